The van der Waals surface area contributed by atoms with Gasteiger partial charge in [0, 0.05) is 31.5 Å². The number of phenolic OH excluding ortho intramolecular Hbond substituents is 2. The molecule has 0 radical (unpaired) electrons. The molecule has 0 bridgehead atoms. The predicted octanol–water partition coefficient (Wildman–Crippen LogP) is 0.0610. The minimum Gasteiger partial charge on any atom is -0.505 e. The molecule has 27 heavy (non-hydrogen) atoms. The number of fused-ring (bicyclic) bond motifs is 2. The average molecular weight is 392 g/mol. The summed E-state index contributed by atoms with van der Waals surface area (Å²) in [5.41, 5.74) is -0.723. The number of piperidine rings is 1. The van der Waals surface area contributed by atoms with E-state index in [1.807, 2.05) is 0 Å². The van der Waals surface area contributed by atoms with Crippen molar-refractivity contribution in [2.45, 2.75) is 18.9 Å². The van der Waals surface area contributed by atoms with Crippen LogP contribution in [0, 0.1) is 0 Å². The SMILES string of the molecule is CS(=O)(=O)N1CCC(N2C(=O)c3c(c(O)c4nccnc4c3O)C2=O)CC1. The lowest BCUT2D eigenvalue weighted by Gasteiger charge is -2.34. The molecule has 2 aliphatic rings. The van der Waals surface area contributed by atoms with E-state index in [9.17, 15) is 28.2 Å². The number of phenols is 2. The van der Waals surface area contributed by atoms with Crippen LogP contribution in [0.2, 0.25) is 0 Å². The van der Waals surface area contributed by atoms with Crippen LogP contribution >= 0.6 is 0 Å². The zero-order chi connectivity index (χ0) is 19.5. The maximum absolute atomic E-state index is 12.9. The van der Waals surface area contributed by atoms with Gasteiger partial charge < -0.3 is 10.2 Å². The van der Waals surface area contributed by atoms with Crippen molar-refractivity contribution in [3.05, 3.63) is 23.5 Å². The maximum Gasteiger partial charge on any atom is 0.265 e. The first-order chi connectivity index (χ1) is 12.7. The second-order valence-electron chi connectivity index (χ2n) is 6.57. The second kappa shape index (κ2) is 5.86. The lowest BCUT2D eigenvalue weighted by molar-refractivity contribution is 0.0535. The number of sulfonamides is 1. The summed E-state index contributed by atoms with van der Waals surface area (Å²) in [6, 6.07) is -0.529. The van der Waals surface area contributed by atoms with E-state index in [0.717, 1.165) is 11.2 Å². The number of hydrogen-bond acceptors (Lipinski definition) is 8. The fourth-order valence-electron chi connectivity index (χ4n) is 3.67. The molecule has 142 valence electrons. The molecule has 0 spiro atoms. The van der Waals surface area contributed by atoms with Crippen LogP contribution in [-0.2, 0) is 10.0 Å². The normalized spacial score (nSPS) is 19.1. The standard InChI is InChI=1S/C16H16N4O6S/c1-27(25,26)19-6-2-8(3-7-19)20-15(23)9-10(16(20)24)14(22)12-11(13(9)21)17-4-5-18-12/h4-5,8,21-22H,2-3,6-7H2,1H3. The zero-order valence-electron chi connectivity index (χ0n) is 14.3. The van der Waals surface area contributed by atoms with Crippen molar-refractivity contribution in [2.75, 3.05) is 19.3 Å². The smallest absolute Gasteiger partial charge is 0.265 e. The Morgan fingerprint density at radius 2 is 1.41 bits per heavy atom. The van der Waals surface area contributed by atoms with Crippen molar-refractivity contribution >= 4 is 32.9 Å². The summed E-state index contributed by atoms with van der Waals surface area (Å²) in [6.45, 7) is 0.361. The molecule has 4 rings (SSSR count). The van der Waals surface area contributed by atoms with Gasteiger partial charge in [-0.3, -0.25) is 14.5 Å². The highest BCUT2D eigenvalue weighted by atomic mass is 32.2. The van der Waals surface area contributed by atoms with Gasteiger partial charge in [0.1, 0.15) is 22.2 Å². The largest absolute Gasteiger partial charge is 0.505 e. The van der Waals surface area contributed by atoms with Gasteiger partial charge in [-0.25, -0.2) is 22.7 Å². The average Bonchev–Trinajstić information content (AvgIpc) is 2.90. The number of benzene rings is 1. The van der Waals surface area contributed by atoms with Gasteiger partial charge >= 0.3 is 0 Å². The molecule has 0 unspecified atom stereocenters. The van der Waals surface area contributed by atoms with Gasteiger partial charge in [-0.15, -0.1) is 0 Å². The first kappa shape index (κ1) is 17.6. The number of amides is 2. The van der Waals surface area contributed by atoms with Crippen LogP contribution in [0.3, 0.4) is 0 Å². The zero-order valence-corrected chi connectivity index (χ0v) is 15.1. The number of hydrogen-bond donors (Lipinski definition) is 2. The number of carbonyl (C=O) groups is 2. The predicted molar refractivity (Wildman–Crippen MR) is 92.8 cm³/mol. The van der Waals surface area contributed by atoms with Gasteiger partial charge in [0.15, 0.2) is 11.5 Å². The Labute approximate surface area is 154 Å². The maximum atomic E-state index is 12.9. The number of carbonyl (C=O) groups excluding carboxylic acids is 2. The van der Waals surface area contributed by atoms with Crippen LogP contribution in [0.5, 0.6) is 11.5 Å². The second-order valence-corrected chi connectivity index (χ2v) is 8.56. The number of aromatic hydroxyl groups is 2. The molecule has 2 aliphatic heterocycles. The molecule has 1 aromatic heterocycles. The highest BCUT2D eigenvalue weighted by Gasteiger charge is 2.46. The highest BCUT2D eigenvalue weighted by Crippen LogP contribution is 2.43. The van der Waals surface area contributed by atoms with Crippen molar-refractivity contribution < 1.29 is 28.2 Å². The van der Waals surface area contributed by atoms with Gasteiger partial charge in [0.2, 0.25) is 10.0 Å². The van der Waals surface area contributed by atoms with Crippen LogP contribution in [0.4, 0.5) is 0 Å². The molecule has 0 aliphatic carbocycles. The summed E-state index contributed by atoms with van der Waals surface area (Å²) >= 11 is 0. The van der Waals surface area contributed by atoms with Crippen LogP contribution in [0.25, 0.3) is 11.0 Å². The van der Waals surface area contributed by atoms with Gasteiger partial charge in [0.25, 0.3) is 11.8 Å². The van der Waals surface area contributed by atoms with Crippen LogP contribution in [0.1, 0.15) is 33.6 Å². The molecule has 1 fully saturated rings. The molecule has 1 saturated heterocycles. The highest BCUT2D eigenvalue weighted by molar-refractivity contribution is 7.88. The van der Waals surface area contributed by atoms with E-state index < -0.39 is 39.4 Å². The fourth-order valence-corrected chi connectivity index (χ4v) is 4.55. The molecule has 2 N–H and O–H groups in total. The molecule has 2 aromatic rings. The lowest BCUT2D eigenvalue weighted by Crippen LogP contribution is -2.48. The van der Waals surface area contributed by atoms with Crippen molar-refractivity contribution in [3.63, 3.8) is 0 Å². The van der Waals surface area contributed by atoms with Gasteiger partial charge in [-0.05, 0) is 12.8 Å². The molecule has 2 amide bonds. The molecular formula is C16H16N4O6S. The van der Waals surface area contributed by atoms with Gasteiger partial charge in [0.05, 0.1) is 6.26 Å². The van der Waals surface area contributed by atoms with E-state index in [2.05, 4.69) is 9.97 Å². The Hall–Kier alpha value is -2.79. The first-order valence-corrected chi connectivity index (χ1v) is 10.1. The molecule has 10 nitrogen and oxygen atoms in total. The summed E-state index contributed by atoms with van der Waals surface area (Å²) in [6.07, 6.45) is 4.25. The van der Waals surface area contributed by atoms with E-state index in [1.54, 1.807) is 0 Å². The molecule has 11 heteroatoms. The van der Waals surface area contributed by atoms with Crippen molar-refractivity contribution in [1.82, 2.24) is 19.2 Å². The quantitative estimate of drug-likeness (QED) is 0.540. The Morgan fingerprint density at radius 1 is 0.963 bits per heavy atom. The summed E-state index contributed by atoms with van der Waals surface area (Å²) in [5.74, 6) is -2.46. The molecule has 3 heterocycles. The van der Waals surface area contributed by atoms with Crippen LogP contribution in [0.15, 0.2) is 12.4 Å². The van der Waals surface area contributed by atoms with Crippen molar-refractivity contribution in [3.8, 4) is 11.5 Å². The van der Waals surface area contributed by atoms with Gasteiger partial charge in [-0.2, -0.15) is 0 Å². The molecule has 0 saturated carbocycles. The van der Waals surface area contributed by atoms with Gasteiger partial charge in [-0.1, -0.05) is 0 Å². The summed E-state index contributed by atoms with van der Waals surface area (Å²) < 4.78 is 24.6. The number of imide groups is 1. The minimum atomic E-state index is -3.34. The third-order valence-electron chi connectivity index (χ3n) is 4.99. The van der Waals surface area contributed by atoms with Crippen LogP contribution in [-0.4, -0.2) is 75.0 Å². The number of aromatic nitrogens is 2. The van der Waals surface area contributed by atoms with E-state index in [0.29, 0.717) is 0 Å². The number of rotatable bonds is 2. The Kier molecular flexibility index (Phi) is 3.82. The third-order valence-corrected chi connectivity index (χ3v) is 6.30. The summed E-state index contributed by atoms with van der Waals surface area (Å²) in [7, 11) is -3.34. The van der Waals surface area contributed by atoms with Crippen molar-refractivity contribution in [1.29, 1.82) is 0 Å². The minimum absolute atomic E-state index is 0.0661. The molecule has 0 atom stereocenters. The first-order valence-electron chi connectivity index (χ1n) is 8.23. The van der Waals surface area contributed by atoms with E-state index >= 15 is 0 Å². The van der Waals surface area contributed by atoms with E-state index in [1.165, 1.54) is 16.7 Å². The molecular weight excluding hydrogens is 376 g/mol. The third kappa shape index (κ3) is 2.53. The van der Waals surface area contributed by atoms with E-state index in [-0.39, 0.29) is 48.1 Å². The molecule has 1 aromatic carbocycles. The fraction of sp³-hybridized carbons (Fsp3) is 0.375. The van der Waals surface area contributed by atoms with Crippen molar-refractivity contribution in [2.24, 2.45) is 0 Å². The topological polar surface area (TPSA) is 141 Å². The summed E-state index contributed by atoms with van der Waals surface area (Å²) in [4.78, 5) is 34.6. The Morgan fingerprint density at radius 3 is 1.81 bits per heavy atom. The Bertz CT molecular complexity index is 1030. The van der Waals surface area contributed by atoms with E-state index in [4.69, 9.17) is 0 Å². The van der Waals surface area contributed by atoms with Crippen LogP contribution < -0.4 is 0 Å². The number of nitrogens with zero attached hydrogens (tertiary/aromatic N) is 4. The monoisotopic (exact) mass is 392 g/mol. The lowest BCUT2D eigenvalue weighted by atomic mass is 10.1. The summed E-state index contributed by atoms with van der Waals surface area (Å²) in [5, 5.41) is 20.9. The Balaban J connectivity index is 1.73.